The molecule has 0 radical (unpaired) electrons. The van der Waals surface area contributed by atoms with Crippen LogP contribution < -0.4 is 5.32 Å². The van der Waals surface area contributed by atoms with Crippen molar-refractivity contribution in [3.8, 4) is 12.3 Å². The lowest BCUT2D eigenvalue weighted by atomic mass is 9.91. The fraction of sp³-hybridized carbons (Fsp3) is 0.636. The minimum atomic E-state index is -1.34. The van der Waals surface area contributed by atoms with Crippen molar-refractivity contribution in [2.24, 2.45) is 16.8 Å². The first-order valence-corrected chi connectivity index (χ1v) is 9.25. The average molecular weight is 248 g/mol. The number of carbonyl (C=O) groups excluding carboxylic acids is 1. The molecule has 0 aromatic rings. The molecule has 90 valence electrons. The van der Waals surface area contributed by atoms with Crippen molar-refractivity contribution in [1.29, 1.82) is 10.5 Å². The maximum atomic E-state index is 11.8. The first-order chi connectivity index (χ1) is 7.87. The summed E-state index contributed by atoms with van der Waals surface area (Å²) < 4.78 is 0. The molecule has 0 aliphatic carbocycles. The molecule has 5 nitrogen and oxygen atoms in total. The number of nitrogens with one attached hydrogen (secondary N) is 1. The van der Waals surface area contributed by atoms with Crippen LogP contribution in [0.15, 0.2) is 4.99 Å². The number of nitrogens with zero attached hydrogens (tertiary/aromatic N) is 3. The van der Waals surface area contributed by atoms with Gasteiger partial charge in [-0.3, -0.25) is 4.79 Å². The maximum absolute atomic E-state index is 11.8. The molecule has 0 spiro atoms. The van der Waals surface area contributed by atoms with Gasteiger partial charge in [0, 0.05) is 14.0 Å². The number of aliphatic imine (C=N–C) groups is 1. The lowest BCUT2D eigenvalue weighted by Crippen LogP contribution is -2.47. The SMILES string of the molecule is C[Si](C)(C)CC1CC(C#N)C(=NC#N)NC1=O. The van der Waals surface area contributed by atoms with Gasteiger partial charge in [-0.05, 0) is 12.5 Å². The van der Waals surface area contributed by atoms with Crippen LogP contribution in [-0.4, -0.2) is 19.8 Å². The zero-order chi connectivity index (χ0) is 13.1. The first kappa shape index (κ1) is 13.4. The van der Waals surface area contributed by atoms with Gasteiger partial charge < -0.3 is 5.32 Å². The van der Waals surface area contributed by atoms with Crippen LogP contribution in [0.5, 0.6) is 0 Å². The predicted octanol–water partition coefficient (Wildman–Crippen LogP) is 1.48. The van der Waals surface area contributed by atoms with E-state index in [1.54, 1.807) is 6.19 Å². The van der Waals surface area contributed by atoms with E-state index in [0.29, 0.717) is 6.42 Å². The van der Waals surface area contributed by atoms with Crippen molar-refractivity contribution in [2.75, 3.05) is 0 Å². The zero-order valence-electron chi connectivity index (χ0n) is 10.3. The second-order valence-electron chi connectivity index (χ2n) is 5.47. The molecule has 1 heterocycles. The summed E-state index contributed by atoms with van der Waals surface area (Å²) in [4.78, 5) is 15.3. The van der Waals surface area contributed by atoms with Crippen molar-refractivity contribution < 1.29 is 4.79 Å². The van der Waals surface area contributed by atoms with E-state index in [1.165, 1.54) is 0 Å². The van der Waals surface area contributed by atoms with Gasteiger partial charge in [-0.2, -0.15) is 15.5 Å². The lowest BCUT2D eigenvalue weighted by Gasteiger charge is -2.29. The first-order valence-electron chi connectivity index (χ1n) is 5.54. The zero-order valence-corrected chi connectivity index (χ0v) is 11.3. The van der Waals surface area contributed by atoms with Crippen LogP contribution in [0.4, 0.5) is 0 Å². The molecule has 1 rings (SSSR count). The normalized spacial score (nSPS) is 27.1. The third-order valence-electron chi connectivity index (χ3n) is 2.66. The molecule has 2 atom stereocenters. The Morgan fingerprint density at radius 3 is 2.59 bits per heavy atom. The van der Waals surface area contributed by atoms with Crippen LogP contribution in [0.3, 0.4) is 0 Å². The highest BCUT2D eigenvalue weighted by molar-refractivity contribution is 6.76. The molecule has 17 heavy (non-hydrogen) atoms. The van der Waals surface area contributed by atoms with E-state index in [1.807, 2.05) is 0 Å². The fourth-order valence-corrected chi connectivity index (χ4v) is 3.84. The van der Waals surface area contributed by atoms with Gasteiger partial charge in [0.2, 0.25) is 12.1 Å². The number of amides is 1. The third kappa shape index (κ3) is 3.68. The van der Waals surface area contributed by atoms with Gasteiger partial charge in [0.05, 0.1) is 6.07 Å². The molecule has 0 saturated carbocycles. The summed E-state index contributed by atoms with van der Waals surface area (Å²) in [6.45, 7) is 6.58. The van der Waals surface area contributed by atoms with Gasteiger partial charge in [0.15, 0.2) is 0 Å². The van der Waals surface area contributed by atoms with Crippen LogP contribution in [0.25, 0.3) is 0 Å². The van der Waals surface area contributed by atoms with Crippen LogP contribution in [0, 0.1) is 34.6 Å². The summed E-state index contributed by atoms with van der Waals surface area (Å²) in [7, 11) is -1.34. The van der Waals surface area contributed by atoms with Crippen LogP contribution in [-0.2, 0) is 4.79 Å². The Morgan fingerprint density at radius 1 is 1.47 bits per heavy atom. The highest BCUT2D eigenvalue weighted by Crippen LogP contribution is 2.27. The van der Waals surface area contributed by atoms with Crippen LogP contribution in [0.1, 0.15) is 6.42 Å². The molecule has 1 saturated heterocycles. The Morgan fingerprint density at radius 2 is 2.12 bits per heavy atom. The van der Waals surface area contributed by atoms with Gasteiger partial charge in [0.25, 0.3) is 0 Å². The summed E-state index contributed by atoms with van der Waals surface area (Å²) >= 11 is 0. The smallest absolute Gasteiger partial charge is 0.228 e. The van der Waals surface area contributed by atoms with Crippen LogP contribution >= 0.6 is 0 Å². The summed E-state index contributed by atoms with van der Waals surface area (Å²) in [5.74, 6) is -0.489. The second kappa shape index (κ2) is 5.11. The largest absolute Gasteiger partial charge is 0.312 e. The average Bonchev–Trinajstić information content (AvgIpc) is 2.20. The Hall–Kier alpha value is -1.66. The monoisotopic (exact) mass is 248 g/mol. The summed E-state index contributed by atoms with van der Waals surface area (Å²) in [5, 5.41) is 20.1. The van der Waals surface area contributed by atoms with E-state index in [0.717, 1.165) is 6.04 Å². The van der Waals surface area contributed by atoms with Crippen molar-refractivity contribution in [2.45, 2.75) is 32.1 Å². The van der Waals surface area contributed by atoms with Crippen molar-refractivity contribution in [3.05, 3.63) is 0 Å². The van der Waals surface area contributed by atoms with Crippen LogP contribution in [0.2, 0.25) is 25.7 Å². The summed E-state index contributed by atoms with van der Waals surface area (Å²) in [5.41, 5.74) is 0. The molecule has 6 heteroatoms. The number of rotatable bonds is 2. The topological polar surface area (TPSA) is 89.0 Å². The van der Waals surface area contributed by atoms with E-state index in [-0.39, 0.29) is 17.7 Å². The Balaban J connectivity index is 2.83. The molecular formula is C11H16N4OSi. The van der Waals surface area contributed by atoms with Gasteiger partial charge in [-0.1, -0.05) is 19.6 Å². The van der Waals surface area contributed by atoms with E-state index >= 15 is 0 Å². The molecule has 0 aromatic heterocycles. The number of carbonyl (C=O) groups is 1. The number of amidine groups is 1. The number of nitriles is 2. The van der Waals surface area contributed by atoms with Crippen molar-refractivity contribution in [1.82, 2.24) is 5.32 Å². The molecule has 1 N–H and O–H groups in total. The number of hydrogen-bond donors (Lipinski definition) is 1. The molecule has 1 aliphatic rings. The molecule has 0 bridgehead atoms. The summed E-state index contributed by atoms with van der Waals surface area (Å²) in [6, 6.07) is 2.95. The minimum Gasteiger partial charge on any atom is -0.312 e. The Kier molecular flexibility index (Phi) is 4.03. The van der Waals surface area contributed by atoms with E-state index in [9.17, 15) is 4.79 Å². The molecule has 1 amide bonds. The predicted molar refractivity (Wildman–Crippen MR) is 66.6 cm³/mol. The molecular weight excluding hydrogens is 232 g/mol. The van der Waals surface area contributed by atoms with Gasteiger partial charge >= 0.3 is 0 Å². The van der Waals surface area contributed by atoms with E-state index in [2.05, 4.69) is 36.0 Å². The molecule has 1 fully saturated rings. The maximum Gasteiger partial charge on any atom is 0.228 e. The highest BCUT2D eigenvalue weighted by Gasteiger charge is 2.35. The lowest BCUT2D eigenvalue weighted by molar-refractivity contribution is -0.124. The van der Waals surface area contributed by atoms with Crippen molar-refractivity contribution in [3.63, 3.8) is 0 Å². The van der Waals surface area contributed by atoms with Gasteiger partial charge in [-0.25, -0.2) is 0 Å². The molecule has 1 aliphatic heterocycles. The second-order valence-corrected chi connectivity index (χ2v) is 11.0. The standard InChI is InChI=1S/C11H16N4OSi/c1-17(2,3)6-9-4-8(5-12)10(14-7-13)15-11(9)16/h8-9H,4,6H2,1-3H3,(H,14,15,16). The molecule has 2 unspecified atom stereocenters. The highest BCUT2D eigenvalue weighted by atomic mass is 28.3. The van der Waals surface area contributed by atoms with E-state index < -0.39 is 14.0 Å². The Labute approximate surface area is 102 Å². The number of hydrogen-bond acceptors (Lipinski definition) is 4. The summed E-state index contributed by atoms with van der Waals surface area (Å²) in [6.07, 6.45) is 2.10. The van der Waals surface area contributed by atoms with Gasteiger partial charge in [-0.15, -0.1) is 0 Å². The third-order valence-corrected chi connectivity index (χ3v) is 4.37. The fourth-order valence-electron chi connectivity index (χ4n) is 2.01. The van der Waals surface area contributed by atoms with Crippen molar-refractivity contribution >= 4 is 19.8 Å². The van der Waals surface area contributed by atoms with Gasteiger partial charge in [0.1, 0.15) is 11.8 Å². The Bertz CT molecular complexity index is 424. The van der Waals surface area contributed by atoms with E-state index in [4.69, 9.17) is 10.5 Å². The quantitative estimate of drug-likeness (QED) is 0.593. The minimum absolute atomic E-state index is 0.104. The number of piperidine rings is 1. The molecule has 0 aromatic carbocycles.